The van der Waals surface area contributed by atoms with Crippen LogP contribution in [0, 0.1) is 0 Å². The second kappa shape index (κ2) is 10.5. The van der Waals surface area contributed by atoms with Gasteiger partial charge in [0.1, 0.15) is 0 Å². The predicted molar refractivity (Wildman–Crippen MR) is 102 cm³/mol. The van der Waals surface area contributed by atoms with E-state index in [2.05, 4.69) is 10.6 Å². The lowest BCUT2D eigenvalue weighted by Crippen LogP contribution is -2.57. The van der Waals surface area contributed by atoms with Gasteiger partial charge < -0.3 is 20.3 Å². The summed E-state index contributed by atoms with van der Waals surface area (Å²) < 4.78 is 5.62. The zero-order valence-electron chi connectivity index (χ0n) is 15.0. The molecule has 0 saturated carbocycles. The monoisotopic (exact) mass is 381 g/mol. The number of nitrogens with one attached hydrogen (secondary N) is 2. The average molecular weight is 382 g/mol. The molecule has 2 aliphatic heterocycles. The second-order valence-electron chi connectivity index (χ2n) is 6.72. The molecule has 0 aliphatic carbocycles. The van der Waals surface area contributed by atoms with E-state index in [0.717, 1.165) is 32.4 Å². The van der Waals surface area contributed by atoms with Gasteiger partial charge in [-0.05, 0) is 24.8 Å². The smallest absolute Gasteiger partial charge is 0.240 e. The fourth-order valence-electron chi connectivity index (χ4n) is 3.42. The molecule has 7 heteroatoms. The Hall–Kier alpha value is -1.63. The Morgan fingerprint density at radius 1 is 1.31 bits per heavy atom. The maximum atomic E-state index is 12.6. The summed E-state index contributed by atoms with van der Waals surface area (Å²) in [4.78, 5) is 26.6. The van der Waals surface area contributed by atoms with E-state index in [1.807, 2.05) is 35.2 Å². The van der Waals surface area contributed by atoms with Gasteiger partial charge in [-0.3, -0.25) is 9.59 Å². The second-order valence-corrected chi connectivity index (χ2v) is 6.72. The van der Waals surface area contributed by atoms with E-state index < -0.39 is 6.04 Å². The molecular weight excluding hydrogens is 354 g/mol. The molecule has 2 saturated heterocycles. The lowest BCUT2D eigenvalue weighted by atomic mass is 10.1. The van der Waals surface area contributed by atoms with Crippen LogP contribution in [0.15, 0.2) is 30.3 Å². The van der Waals surface area contributed by atoms with Crippen molar-refractivity contribution in [3.05, 3.63) is 35.9 Å². The standard InChI is InChI=1S/C19H27N3O3.ClH/c23-18(21-9-8-15-5-2-1-3-6-15)13-17-19(24)22(11-10-20-17)14-16-7-4-12-25-16;/h1-3,5-6,16-17,20H,4,7-14H2,(H,21,23);1H. The maximum absolute atomic E-state index is 12.6. The van der Waals surface area contributed by atoms with E-state index in [9.17, 15) is 9.59 Å². The van der Waals surface area contributed by atoms with Crippen molar-refractivity contribution in [2.24, 2.45) is 0 Å². The topological polar surface area (TPSA) is 70.7 Å². The molecule has 26 heavy (non-hydrogen) atoms. The minimum absolute atomic E-state index is 0. The molecule has 0 radical (unpaired) electrons. The molecule has 2 amide bonds. The van der Waals surface area contributed by atoms with Crippen molar-refractivity contribution in [3.63, 3.8) is 0 Å². The van der Waals surface area contributed by atoms with Gasteiger partial charge in [0.25, 0.3) is 0 Å². The summed E-state index contributed by atoms with van der Waals surface area (Å²) in [5.74, 6) is -0.0688. The maximum Gasteiger partial charge on any atom is 0.240 e. The molecular formula is C19H28ClN3O3. The zero-order valence-corrected chi connectivity index (χ0v) is 15.8. The Bertz CT molecular complexity index is 579. The molecule has 0 spiro atoms. The van der Waals surface area contributed by atoms with Crippen molar-refractivity contribution in [3.8, 4) is 0 Å². The van der Waals surface area contributed by atoms with Crippen LogP contribution >= 0.6 is 12.4 Å². The Balaban J connectivity index is 0.00000243. The molecule has 2 heterocycles. The third-order valence-corrected chi connectivity index (χ3v) is 4.80. The molecule has 0 bridgehead atoms. The first kappa shape index (κ1) is 20.7. The highest BCUT2D eigenvalue weighted by molar-refractivity contribution is 5.89. The highest BCUT2D eigenvalue weighted by Crippen LogP contribution is 2.15. The fourth-order valence-corrected chi connectivity index (χ4v) is 3.42. The molecule has 6 nitrogen and oxygen atoms in total. The molecule has 1 aromatic carbocycles. The molecule has 2 fully saturated rings. The molecule has 2 atom stereocenters. The summed E-state index contributed by atoms with van der Waals surface area (Å²) in [6.07, 6.45) is 3.22. The van der Waals surface area contributed by atoms with Gasteiger partial charge >= 0.3 is 0 Å². The summed E-state index contributed by atoms with van der Waals surface area (Å²) in [7, 11) is 0. The van der Waals surface area contributed by atoms with Crippen LogP contribution in [0.2, 0.25) is 0 Å². The van der Waals surface area contributed by atoms with Gasteiger partial charge in [-0.1, -0.05) is 30.3 Å². The number of benzene rings is 1. The lowest BCUT2D eigenvalue weighted by molar-refractivity contribution is -0.139. The van der Waals surface area contributed by atoms with Crippen LogP contribution in [0.3, 0.4) is 0 Å². The first-order valence-corrected chi connectivity index (χ1v) is 9.17. The van der Waals surface area contributed by atoms with Crippen LogP contribution in [0.1, 0.15) is 24.8 Å². The van der Waals surface area contributed by atoms with Crippen molar-refractivity contribution in [2.75, 3.05) is 32.8 Å². The van der Waals surface area contributed by atoms with Gasteiger partial charge in [0.05, 0.1) is 18.6 Å². The molecule has 3 rings (SSSR count). The Morgan fingerprint density at radius 2 is 2.12 bits per heavy atom. The SMILES string of the molecule is Cl.O=C(CC1NCCN(CC2CCCO2)C1=O)NCCc1ccccc1. The van der Waals surface area contributed by atoms with Gasteiger partial charge in [0, 0.05) is 32.8 Å². The van der Waals surface area contributed by atoms with Crippen molar-refractivity contribution >= 4 is 24.2 Å². The third kappa shape index (κ3) is 5.97. The van der Waals surface area contributed by atoms with Gasteiger partial charge in [-0.25, -0.2) is 0 Å². The molecule has 144 valence electrons. The first-order chi connectivity index (χ1) is 12.2. The minimum Gasteiger partial charge on any atom is -0.376 e. The Labute approximate surface area is 161 Å². The molecule has 2 unspecified atom stereocenters. The van der Waals surface area contributed by atoms with Gasteiger partial charge in [0.15, 0.2) is 0 Å². The van der Waals surface area contributed by atoms with Crippen molar-refractivity contribution in [1.82, 2.24) is 15.5 Å². The number of halogens is 1. The number of rotatable bonds is 7. The van der Waals surface area contributed by atoms with Crippen molar-refractivity contribution in [1.29, 1.82) is 0 Å². The normalized spacial score (nSPS) is 22.8. The number of piperazine rings is 1. The van der Waals surface area contributed by atoms with E-state index in [-0.39, 0.29) is 36.7 Å². The summed E-state index contributed by atoms with van der Waals surface area (Å²) in [6.45, 7) is 3.43. The molecule has 1 aromatic rings. The van der Waals surface area contributed by atoms with E-state index in [1.54, 1.807) is 0 Å². The zero-order chi connectivity index (χ0) is 17.5. The molecule has 0 aromatic heterocycles. The Morgan fingerprint density at radius 3 is 2.85 bits per heavy atom. The number of carbonyl (C=O) groups excluding carboxylic acids is 2. The van der Waals surface area contributed by atoms with Gasteiger partial charge in [-0.15, -0.1) is 12.4 Å². The average Bonchev–Trinajstić information content (AvgIpc) is 3.12. The van der Waals surface area contributed by atoms with E-state index in [4.69, 9.17) is 4.74 Å². The van der Waals surface area contributed by atoms with Gasteiger partial charge in [0.2, 0.25) is 11.8 Å². The molecule has 2 N–H and O–H groups in total. The van der Waals surface area contributed by atoms with Crippen LogP contribution in [0.25, 0.3) is 0 Å². The Kier molecular flexibility index (Phi) is 8.35. The van der Waals surface area contributed by atoms with Gasteiger partial charge in [-0.2, -0.15) is 0 Å². The van der Waals surface area contributed by atoms with Crippen LogP contribution < -0.4 is 10.6 Å². The summed E-state index contributed by atoms with van der Waals surface area (Å²) in [5, 5.41) is 6.08. The fraction of sp³-hybridized carbons (Fsp3) is 0.579. The van der Waals surface area contributed by atoms with Crippen LogP contribution in [0.4, 0.5) is 0 Å². The van der Waals surface area contributed by atoms with E-state index in [1.165, 1.54) is 5.56 Å². The minimum atomic E-state index is -0.424. The summed E-state index contributed by atoms with van der Waals surface area (Å²) in [6, 6.07) is 9.62. The number of amides is 2. The van der Waals surface area contributed by atoms with E-state index >= 15 is 0 Å². The van der Waals surface area contributed by atoms with Crippen molar-refractivity contribution < 1.29 is 14.3 Å². The number of nitrogens with zero attached hydrogens (tertiary/aromatic N) is 1. The van der Waals surface area contributed by atoms with Crippen LogP contribution in [-0.2, 0) is 20.7 Å². The first-order valence-electron chi connectivity index (χ1n) is 9.17. The third-order valence-electron chi connectivity index (χ3n) is 4.80. The number of ether oxygens (including phenoxy) is 1. The number of hydrogen-bond donors (Lipinski definition) is 2. The number of carbonyl (C=O) groups is 2. The largest absolute Gasteiger partial charge is 0.376 e. The summed E-state index contributed by atoms with van der Waals surface area (Å²) in [5.41, 5.74) is 1.19. The predicted octanol–water partition coefficient (Wildman–Crippen LogP) is 1.14. The highest BCUT2D eigenvalue weighted by atomic mass is 35.5. The van der Waals surface area contributed by atoms with E-state index in [0.29, 0.717) is 19.6 Å². The van der Waals surface area contributed by atoms with Crippen molar-refractivity contribution in [2.45, 2.75) is 37.8 Å². The van der Waals surface area contributed by atoms with Crippen LogP contribution in [-0.4, -0.2) is 61.6 Å². The van der Waals surface area contributed by atoms with Crippen LogP contribution in [0.5, 0.6) is 0 Å². The lowest BCUT2D eigenvalue weighted by Gasteiger charge is -2.34. The quantitative estimate of drug-likeness (QED) is 0.743. The number of hydrogen-bond acceptors (Lipinski definition) is 4. The summed E-state index contributed by atoms with van der Waals surface area (Å²) >= 11 is 0. The molecule has 2 aliphatic rings. The highest BCUT2D eigenvalue weighted by Gasteiger charge is 2.32.